The fraction of sp³-hybridized carbons (Fsp3) is 0.381. The van der Waals surface area contributed by atoms with Crippen molar-refractivity contribution in [3.8, 4) is 11.1 Å². The maximum absolute atomic E-state index is 12.4. The molecular formula is C21H27N3O4S. The Kier molecular flexibility index (Phi) is 7.24. The molecule has 0 spiro atoms. The van der Waals surface area contributed by atoms with E-state index in [1.54, 1.807) is 11.9 Å². The van der Waals surface area contributed by atoms with Crippen LogP contribution in [0.4, 0.5) is 4.79 Å². The minimum Gasteiger partial charge on any atom is -0.379 e. The Bertz CT molecular complexity index is 913. The average molecular weight is 418 g/mol. The Morgan fingerprint density at radius 1 is 1.07 bits per heavy atom. The van der Waals surface area contributed by atoms with E-state index in [0.29, 0.717) is 32.8 Å². The lowest BCUT2D eigenvalue weighted by Gasteiger charge is -2.26. The minimum atomic E-state index is -3.39. The highest BCUT2D eigenvalue weighted by molar-refractivity contribution is 7.89. The molecule has 1 heterocycles. The molecule has 0 saturated carbocycles. The summed E-state index contributed by atoms with van der Waals surface area (Å²) in [5, 5.41) is 2.71. The second-order valence-electron chi connectivity index (χ2n) is 6.94. The Labute approximate surface area is 172 Å². The zero-order chi connectivity index (χ0) is 20.7. The van der Waals surface area contributed by atoms with Crippen LogP contribution in [0.5, 0.6) is 0 Å². The molecule has 2 amide bonds. The number of benzene rings is 2. The first-order valence-electron chi connectivity index (χ1n) is 9.65. The van der Waals surface area contributed by atoms with E-state index in [1.807, 2.05) is 54.6 Å². The molecule has 0 bridgehead atoms. The molecule has 0 radical (unpaired) electrons. The summed E-state index contributed by atoms with van der Waals surface area (Å²) in [6.07, 6.45) is 0. The van der Waals surface area contributed by atoms with Crippen molar-refractivity contribution in [1.82, 2.24) is 14.5 Å². The molecule has 1 N–H and O–H groups in total. The van der Waals surface area contributed by atoms with Crippen molar-refractivity contribution in [3.05, 3.63) is 60.2 Å². The fourth-order valence-corrected chi connectivity index (χ4v) is 4.58. The lowest BCUT2D eigenvalue weighted by molar-refractivity contribution is 0.0730. The van der Waals surface area contributed by atoms with Crippen LogP contribution < -0.4 is 5.32 Å². The molecule has 1 saturated heterocycles. The standard InChI is InChI=1S/C21H27N3O4S/c1-23(17-19-9-5-6-10-20(19)18-7-3-2-4-8-18)21(25)22-11-16-29(26,27)24-12-14-28-15-13-24/h2-10H,11-17H2,1H3,(H,22,25). The normalized spacial score (nSPS) is 15.1. The molecule has 7 nitrogen and oxygen atoms in total. The van der Waals surface area contributed by atoms with Crippen molar-refractivity contribution >= 4 is 16.1 Å². The first-order valence-corrected chi connectivity index (χ1v) is 11.3. The Morgan fingerprint density at radius 3 is 2.45 bits per heavy atom. The Morgan fingerprint density at radius 2 is 1.72 bits per heavy atom. The van der Waals surface area contributed by atoms with E-state index in [1.165, 1.54) is 4.31 Å². The number of sulfonamides is 1. The zero-order valence-corrected chi connectivity index (χ0v) is 17.4. The van der Waals surface area contributed by atoms with Crippen LogP contribution in [0, 0.1) is 0 Å². The summed E-state index contributed by atoms with van der Waals surface area (Å²) in [5.41, 5.74) is 3.19. The molecule has 3 rings (SSSR count). The third kappa shape index (κ3) is 5.79. The van der Waals surface area contributed by atoms with Crippen LogP contribution >= 0.6 is 0 Å². The first kappa shape index (κ1) is 21.3. The maximum atomic E-state index is 12.4. The van der Waals surface area contributed by atoms with Gasteiger partial charge in [0.05, 0.1) is 19.0 Å². The summed E-state index contributed by atoms with van der Waals surface area (Å²) in [6.45, 7) is 2.06. The van der Waals surface area contributed by atoms with Crippen LogP contribution in [0.25, 0.3) is 11.1 Å². The van der Waals surface area contributed by atoms with Gasteiger partial charge in [0, 0.05) is 33.2 Å². The average Bonchev–Trinajstić information content (AvgIpc) is 2.75. The Hall–Kier alpha value is -2.42. The van der Waals surface area contributed by atoms with Gasteiger partial charge in [-0.1, -0.05) is 54.6 Å². The summed E-state index contributed by atoms with van der Waals surface area (Å²) < 4.78 is 31.3. The predicted octanol–water partition coefficient (Wildman–Crippen LogP) is 2.16. The molecule has 1 aliphatic rings. The number of rotatable bonds is 7. The molecule has 8 heteroatoms. The summed E-state index contributed by atoms with van der Waals surface area (Å²) >= 11 is 0. The van der Waals surface area contributed by atoms with Gasteiger partial charge in [-0.15, -0.1) is 0 Å². The van der Waals surface area contributed by atoms with Gasteiger partial charge in [-0.05, 0) is 16.7 Å². The first-order chi connectivity index (χ1) is 14.0. The number of ether oxygens (including phenoxy) is 1. The molecule has 0 unspecified atom stereocenters. The number of carbonyl (C=O) groups is 1. The minimum absolute atomic E-state index is 0.0726. The maximum Gasteiger partial charge on any atom is 0.317 e. The number of urea groups is 1. The number of hydrogen-bond acceptors (Lipinski definition) is 4. The summed E-state index contributed by atoms with van der Waals surface area (Å²) in [4.78, 5) is 14.0. The quantitative estimate of drug-likeness (QED) is 0.749. The van der Waals surface area contributed by atoms with Crippen LogP contribution in [0.3, 0.4) is 0 Å². The van der Waals surface area contributed by atoms with Crippen molar-refractivity contribution in [3.63, 3.8) is 0 Å². The molecule has 0 aliphatic carbocycles. The highest BCUT2D eigenvalue weighted by Crippen LogP contribution is 2.24. The number of morpholine rings is 1. The van der Waals surface area contributed by atoms with E-state index in [2.05, 4.69) is 5.32 Å². The van der Waals surface area contributed by atoms with Gasteiger partial charge in [0.2, 0.25) is 10.0 Å². The number of nitrogens with one attached hydrogen (secondary N) is 1. The van der Waals surface area contributed by atoms with Gasteiger partial charge in [0.15, 0.2) is 0 Å². The topological polar surface area (TPSA) is 79.0 Å². The van der Waals surface area contributed by atoms with Gasteiger partial charge in [-0.25, -0.2) is 13.2 Å². The predicted molar refractivity (Wildman–Crippen MR) is 113 cm³/mol. The third-order valence-electron chi connectivity index (χ3n) is 4.86. The summed E-state index contributed by atoms with van der Waals surface area (Å²) in [5.74, 6) is -0.118. The highest BCUT2D eigenvalue weighted by atomic mass is 32.2. The molecule has 156 valence electrons. The van der Waals surface area contributed by atoms with E-state index in [-0.39, 0.29) is 18.3 Å². The van der Waals surface area contributed by atoms with Gasteiger partial charge < -0.3 is 15.0 Å². The second kappa shape index (κ2) is 9.87. The van der Waals surface area contributed by atoms with Crippen molar-refractivity contribution < 1.29 is 17.9 Å². The molecule has 2 aromatic carbocycles. The van der Waals surface area contributed by atoms with Crippen LogP contribution in [0.15, 0.2) is 54.6 Å². The van der Waals surface area contributed by atoms with Crippen molar-refractivity contribution in [2.75, 3.05) is 45.6 Å². The molecule has 2 aromatic rings. The van der Waals surface area contributed by atoms with Crippen molar-refractivity contribution in [1.29, 1.82) is 0 Å². The highest BCUT2D eigenvalue weighted by Gasteiger charge is 2.24. The van der Waals surface area contributed by atoms with Gasteiger partial charge >= 0.3 is 6.03 Å². The number of nitrogens with zero attached hydrogens (tertiary/aromatic N) is 2. The molecule has 0 atom stereocenters. The molecular weight excluding hydrogens is 390 g/mol. The number of carbonyl (C=O) groups excluding carboxylic acids is 1. The van der Waals surface area contributed by atoms with Crippen LogP contribution in [0.2, 0.25) is 0 Å². The number of amides is 2. The van der Waals surface area contributed by atoms with E-state index in [9.17, 15) is 13.2 Å². The SMILES string of the molecule is CN(Cc1ccccc1-c1ccccc1)C(=O)NCCS(=O)(=O)N1CCOCC1. The monoisotopic (exact) mass is 417 g/mol. The van der Waals surface area contributed by atoms with Gasteiger partial charge in [0.25, 0.3) is 0 Å². The van der Waals surface area contributed by atoms with Gasteiger partial charge in [0.1, 0.15) is 0 Å². The van der Waals surface area contributed by atoms with Crippen molar-refractivity contribution in [2.45, 2.75) is 6.54 Å². The van der Waals surface area contributed by atoms with E-state index in [0.717, 1.165) is 16.7 Å². The Balaban J connectivity index is 1.55. The van der Waals surface area contributed by atoms with Crippen LogP contribution in [0.1, 0.15) is 5.56 Å². The smallest absolute Gasteiger partial charge is 0.317 e. The third-order valence-corrected chi connectivity index (χ3v) is 6.73. The van der Waals surface area contributed by atoms with E-state index >= 15 is 0 Å². The van der Waals surface area contributed by atoms with Gasteiger partial charge in [-0.2, -0.15) is 4.31 Å². The van der Waals surface area contributed by atoms with E-state index < -0.39 is 10.0 Å². The van der Waals surface area contributed by atoms with Crippen molar-refractivity contribution in [2.24, 2.45) is 0 Å². The lowest BCUT2D eigenvalue weighted by Crippen LogP contribution is -2.45. The molecule has 1 fully saturated rings. The summed E-state index contributed by atoms with van der Waals surface area (Å²) in [6, 6.07) is 17.7. The lowest BCUT2D eigenvalue weighted by atomic mass is 9.99. The van der Waals surface area contributed by atoms with E-state index in [4.69, 9.17) is 4.74 Å². The van der Waals surface area contributed by atoms with Crippen LogP contribution in [-0.4, -0.2) is 69.3 Å². The molecule has 1 aliphatic heterocycles. The molecule has 0 aromatic heterocycles. The summed E-state index contributed by atoms with van der Waals surface area (Å²) in [7, 11) is -1.68. The zero-order valence-electron chi connectivity index (χ0n) is 16.6. The fourth-order valence-electron chi connectivity index (χ4n) is 3.26. The second-order valence-corrected chi connectivity index (χ2v) is 9.03. The number of hydrogen-bond donors (Lipinski definition) is 1. The molecule has 29 heavy (non-hydrogen) atoms. The largest absolute Gasteiger partial charge is 0.379 e. The van der Waals surface area contributed by atoms with Gasteiger partial charge in [-0.3, -0.25) is 0 Å². The van der Waals surface area contributed by atoms with Crippen LogP contribution in [-0.2, 0) is 21.3 Å².